The molecule has 2 unspecified atom stereocenters. The van der Waals surface area contributed by atoms with Gasteiger partial charge in [0.25, 0.3) is 0 Å². The van der Waals surface area contributed by atoms with Crippen LogP contribution in [0.1, 0.15) is 46.6 Å². The summed E-state index contributed by atoms with van der Waals surface area (Å²) >= 11 is 0. The SMILES string of the molecule is CCc1ccccc1NC1CC(OCC(C)C)C1(C)C. The first-order valence-electron chi connectivity index (χ1n) is 7.91. The maximum Gasteiger partial charge on any atom is 0.0665 e. The first-order valence-corrected chi connectivity index (χ1v) is 7.91. The molecule has 0 radical (unpaired) electrons. The van der Waals surface area contributed by atoms with Crippen LogP contribution in [0.2, 0.25) is 0 Å². The molecule has 0 heterocycles. The summed E-state index contributed by atoms with van der Waals surface area (Å²) in [5.74, 6) is 0.610. The second-order valence-corrected chi connectivity index (χ2v) is 6.98. The molecule has 0 aliphatic heterocycles. The summed E-state index contributed by atoms with van der Waals surface area (Å²) in [7, 11) is 0. The van der Waals surface area contributed by atoms with Crippen molar-refractivity contribution in [2.45, 2.75) is 59.6 Å². The Bertz CT molecular complexity index is 439. The first kappa shape index (κ1) is 15.4. The molecular weight excluding hydrogens is 246 g/mol. The fourth-order valence-electron chi connectivity index (χ4n) is 2.88. The van der Waals surface area contributed by atoms with Crippen LogP contribution >= 0.6 is 0 Å². The molecule has 1 aliphatic carbocycles. The van der Waals surface area contributed by atoms with Crippen LogP contribution in [-0.4, -0.2) is 18.8 Å². The Balaban J connectivity index is 1.95. The number of para-hydroxylation sites is 1. The van der Waals surface area contributed by atoms with E-state index in [9.17, 15) is 0 Å². The molecule has 1 aromatic rings. The van der Waals surface area contributed by atoms with Gasteiger partial charge >= 0.3 is 0 Å². The van der Waals surface area contributed by atoms with Crippen LogP contribution in [0.4, 0.5) is 5.69 Å². The monoisotopic (exact) mass is 275 g/mol. The summed E-state index contributed by atoms with van der Waals surface area (Å²) in [5, 5.41) is 3.73. The van der Waals surface area contributed by atoms with Crippen molar-refractivity contribution in [3.8, 4) is 0 Å². The number of hydrogen-bond acceptors (Lipinski definition) is 2. The number of rotatable bonds is 6. The van der Waals surface area contributed by atoms with Crippen molar-refractivity contribution in [2.75, 3.05) is 11.9 Å². The molecule has 1 N–H and O–H groups in total. The van der Waals surface area contributed by atoms with Gasteiger partial charge in [-0.3, -0.25) is 0 Å². The average Bonchev–Trinajstić information content (AvgIpc) is 2.42. The molecule has 1 aliphatic rings. The second-order valence-electron chi connectivity index (χ2n) is 6.98. The molecule has 2 atom stereocenters. The van der Waals surface area contributed by atoms with Crippen molar-refractivity contribution in [3.63, 3.8) is 0 Å². The maximum absolute atomic E-state index is 6.04. The predicted octanol–water partition coefficient (Wildman–Crippen LogP) is 4.50. The van der Waals surface area contributed by atoms with Gasteiger partial charge in [-0.25, -0.2) is 0 Å². The third-order valence-corrected chi connectivity index (χ3v) is 4.54. The normalized spacial score (nSPS) is 24.5. The van der Waals surface area contributed by atoms with Gasteiger partial charge in [-0.15, -0.1) is 0 Å². The van der Waals surface area contributed by atoms with E-state index in [1.807, 2.05) is 0 Å². The topological polar surface area (TPSA) is 21.3 Å². The van der Waals surface area contributed by atoms with Crippen LogP contribution in [0.15, 0.2) is 24.3 Å². The minimum atomic E-state index is 0.204. The van der Waals surface area contributed by atoms with Crippen molar-refractivity contribution in [1.29, 1.82) is 0 Å². The van der Waals surface area contributed by atoms with Gasteiger partial charge in [0, 0.05) is 23.8 Å². The van der Waals surface area contributed by atoms with E-state index in [0.717, 1.165) is 19.4 Å². The minimum Gasteiger partial charge on any atom is -0.381 e. The highest BCUT2D eigenvalue weighted by Gasteiger charge is 2.49. The highest BCUT2D eigenvalue weighted by atomic mass is 16.5. The van der Waals surface area contributed by atoms with Crippen molar-refractivity contribution in [3.05, 3.63) is 29.8 Å². The molecule has 2 rings (SSSR count). The van der Waals surface area contributed by atoms with Crippen LogP contribution in [0.5, 0.6) is 0 Å². The fourth-order valence-corrected chi connectivity index (χ4v) is 2.88. The molecule has 1 fully saturated rings. The van der Waals surface area contributed by atoms with Crippen molar-refractivity contribution < 1.29 is 4.74 Å². The van der Waals surface area contributed by atoms with E-state index in [4.69, 9.17) is 4.74 Å². The molecular formula is C18H29NO. The molecule has 0 saturated heterocycles. The minimum absolute atomic E-state index is 0.204. The molecule has 0 spiro atoms. The third-order valence-electron chi connectivity index (χ3n) is 4.54. The molecule has 112 valence electrons. The predicted molar refractivity (Wildman–Crippen MR) is 86.2 cm³/mol. The molecule has 1 aromatic carbocycles. The Hall–Kier alpha value is -1.02. The van der Waals surface area contributed by atoms with Gasteiger partial charge < -0.3 is 10.1 Å². The van der Waals surface area contributed by atoms with Crippen LogP contribution in [0.25, 0.3) is 0 Å². The first-order chi connectivity index (χ1) is 9.45. The van der Waals surface area contributed by atoms with Crippen LogP contribution < -0.4 is 5.32 Å². The lowest BCUT2D eigenvalue weighted by Crippen LogP contribution is -2.58. The third kappa shape index (κ3) is 3.17. The van der Waals surface area contributed by atoms with Gasteiger partial charge in [0.1, 0.15) is 0 Å². The number of anilines is 1. The molecule has 1 saturated carbocycles. The van der Waals surface area contributed by atoms with Gasteiger partial charge in [-0.1, -0.05) is 52.8 Å². The summed E-state index contributed by atoms with van der Waals surface area (Å²) in [5.41, 5.74) is 2.89. The largest absolute Gasteiger partial charge is 0.381 e. The van der Waals surface area contributed by atoms with Gasteiger partial charge in [0.15, 0.2) is 0 Å². The number of hydrogen-bond donors (Lipinski definition) is 1. The number of benzene rings is 1. The van der Waals surface area contributed by atoms with Crippen molar-refractivity contribution >= 4 is 5.69 Å². The van der Waals surface area contributed by atoms with Crippen LogP contribution in [0.3, 0.4) is 0 Å². The van der Waals surface area contributed by atoms with Gasteiger partial charge in [0.2, 0.25) is 0 Å². The van der Waals surface area contributed by atoms with E-state index in [2.05, 4.69) is 64.2 Å². The zero-order valence-corrected chi connectivity index (χ0v) is 13.6. The Morgan fingerprint density at radius 1 is 1.30 bits per heavy atom. The second kappa shape index (κ2) is 6.17. The smallest absolute Gasteiger partial charge is 0.0665 e. The fraction of sp³-hybridized carbons (Fsp3) is 0.667. The van der Waals surface area contributed by atoms with E-state index in [0.29, 0.717) is 18.1 Å². The van der Waals surface area contributed by atoms with Crippen molar-refractivity contribution in [1.82, 2.24) is 0 Å². The van der Waals surface area contributed by atoms with Crippen LogP contribution in [0, 0.1) is 11.3 Å². The van der Waals surface area contributed by atoms with Gasteiger partial charge in [0.05, 0.1) is 6.10 Å². The molecule has 20 heavy (non-hydrogen) atoms. The Morgan fingerprint density at radius 2 is 2.00 bits per heavy atom. The number of ether oxygens (including phenoxy) is 1. The van der Waals surface area contributed by atoms with E-state index in [-0.39, 0.29) is 5.41 Å². The Kier molecular flexibility index (Phi) is 4.74. The Labute approximate surface area is 123 Å². The van der Waals surface area contributed by atoms with Crippen molar-refractivity contribution in [2.24, 2.45) is 11.3 Å². The van der Waals surface area contributed by atoms with E-state index >= 15 is 0 Å². The summed E-state index contributed by atoms with van der Waals surface area (Å²) in [6, 6.07) is 9.13. The maximum atomic E-state index is 6.04. The highest BCUT2D eigenvalue weighted by Crippen LogP contribution is 2.44. The van der Waals surface area contributed by atoms with Gasteiger partial charge in [-0.05, 0) is 30.4 Å². The highest BCUT2D eigenvalue weighted by molar-refractivity contribution is 5.52. The average molecular weight is 275 g/mol. The molecule has 2 nitrogen and oxygen atoms in total. The molecule has 2 heteroatoms. The molecule has 0 bridgehead atoms. The van der Waals surface area contributed by atoms with E-state index in [1.165, 1.54) is 11.3 Å². The molecule has 0 amide bonds. The lowest BCUT2D eigenvalue weighted by molar-refractivity contribution is -0.108. The summed E-state index contributed by atoms with van der Waals surface area (Å²) in [4.78, 5) is 0. The van der Waals surface area contributed by atoms with E-state index < -0.39 is 0 Å². The lowest BCUT2D eigenvalue weighted by Gasteiger charge is -2.52. The quantitative estimate of drug-likeness (QED) is 0.825. The Morgan fingerprint density at radius 3 is 2.60 bits per heavy atom. The standard InChI is InChI=1S/C18H29NO/c1-6-14-9-7-8-10-15(14)19-16-11-17(18(16,4)5)20-12-13(2)3/h7-10,13,16-17,19H,6,11-12H2,1-5H3. The lowest BCUT2D eigenvalue weighted by atomic mass is 9.64. The summed E-state index contributed by atoms with van der Waals surface area (Å²) in [6.45, 7) is 12.1. The molecule has 0 aromatic heterocycles. The summed E-state index contributed by atoms with van der Waals surface area (Å²) in [6.07, 6.45) is 2.57. The summed E-state index contributed by atoms with van der Waals surface area (Å²) < 4.78 is 6.04. The zero-order chi connectivity index (χ0) is 14.8. The van der Waals surface area contributed by atoms with Gasteiger partial charge in [-0.2, -0.15) is 0 Å². The zero-order valence-electron chi connectivity index (χ0n) is 13.6. The number of aryl methyl sites for hydroxylation is 1. The van der Waals surface area contributed by atoms with Crippen LogP contribution in [-0.2, 0) is 11.2 Å². The number of nitrogens with one attached hydrogen (secondary N) is 1. The van der Waals surface area contributed by atoms with E-state index in [1.54, 1.807) is 0 Å².